The Bertz CT molecular complexity index is 272. The Morgan fingerprint density at radius 1 is 1.38 bits per heavy atom. The smallest absolute Gasteiger partial charge is 0.318 e. The van der Waals surface area contributed by atoms with Gasteiger partial charge in [0.15, 0.2) is 0 Å². The fraction of sp³-hybridized carbons (Fsp3) is 0.917. The van der Waals surface area contributed by atoms with Gasteiger partial charge in [0, 0.05) is 31.2 Å². The first-order chi connectivity index (χ1) is 7.47. The molecule has 0 saturated carbocycles. The van der Waals surface area contributed by atoms with Gasteiger partial charge in [0.2, 0.25) is 0 Å². The standard InChI is InChI=1S/C12H23N3O/c1-12(2,3)14-11(16)15-6-4-5-9-7-13-8-10(9)15/h9-10,13H,4-8H2,1-3H3,(H,14,16). The van der Waals surface area contributed by atoms with Crippen LogP contribution in [-0.2, 0) is 0 Å². The van der Waals surface area contributed by atoms with Gasteiger partial charge in [-0.3, -0.25) is 0 Å². The Labute approximate surface area is 97.8 Å². The van der Waals surface area contributed by atoms with Gasteiger partial charge in [-0.2, -0.15) is 0 Å². The number of hydrogen-bond donors (Lipinski definition) is 2. The highest BCUT2D eigenvalue weighted by atomic mass is 16.2. The number of hydrogen-bond acceptors (Lipinski definition) is 2. The quantitative estimate of drug-likeness (QED) is 0.650. The van der Waals surface area contributed by atoms with Crippen LogP contribution in [0.1, 0.15) is 33.6 Å². The average Bonchev–Trinajstić information content (AvgIpc) is 2.61. The lowest BCUT2D eigenvalue weighted by Gasteiger charge is -2.38. The molecule has 4 nitrogen and oxygen atoms in total. The van der Waals surface area contributed by atoms with Crippen LogP contribution in [0.3, 0.4) is 0 Å². The molecule has 2 amide bonds. The van der Waals surface area contributed by atoms with E-state index in [2.05, 4.69) is 10.6 Å². The van der Waals surface area contributed by atoms with Crippen LogP contribution in [0, 0.1) is 5.92 Å². The number of carbonyl (C=O) groups excluding carboxylic acids is 1. The molecule has 2 saturated heterocycles. The first-order valence-corrected chi connectivity index (χ1v) is 6.27. The van der Waals surface area contributed by atoms with Gasteiger partial charge in [0.25, 0.3) is 0 Å². The number of amides is 2. The molecule has 2 rings (SSSR count). The zero-order chi connectivity index (χ0) is 11.8. The summed E-state index contributed by atoms with van der Waals surface area (Å²) in [6.45, 7) is 9.02. The third-order valence-corrected chi connectivity index (χ3v) is 3.42. The minimum atomic E-state index is -0.143. The van der Waals surface area contributed by atoms with Crippen LogP contribution < -0.4 is 10.6 Å². The molecular formula is C12H23N3O. The molecular weight excluding hydrogens is 202 g/mol. The van der Waals surface area contributed by atoms with E-state index < -0.39 is 0 Å². The van der Waals surface area contributed by atoms with Crippen LogP contribution in [0.25, 0.3) is 0 Å². The van der Waals surface area contributed by atoms with Gasteiger partial charge in [0.05, 0.1) is 0 Å². The molecule has 2 fully saturated rings. The summed E-state index contributed by atoms with van der Waals surface area (Å²) in [6, 6.07) is 0.516. The third kappa shape index (κ3) is 2.48. The zero-order valence-electron chi connectivity index (χ0n) is 10.5. The highest BCUT2D eigenvalue weighted by Crippen LogP contribution is 2.26. The van der Waals surface area contributed by atoms with Crippen molar-refractivity contribution in [2.45, 2.75) is 45.2 Å². The van der Waals surface area contributed by atoms with Crippen molar-refractivity contribution in [2.24, 2.45) is 5.92 Å². The largest absolute Gasteiger partial charge is 0.333 e. The van der Waals surface area contributed by atoms with Crippen LogP contribution >= 0.6 is 0 Å². The van der Waals surface area contributed by atoms with Crippen molar-refractivity contribution in [3.63, 3.8) is 0 Å². The van der Waals surface area contributed by atoms with Crippen LogP contribution in [0.5, 0.6) is 0 Å². The molecule has 0 bridgehead atoms. The molecule has 4 heteroatoms. The lowest BCUT2D eigenvalue weighted by atomic mass is 9.92. The van der Waals surface area contributed by atoms with Crippen LogP contribution in [0.15, 0.2) is 0 Å². The molecule has 0 aromatic heterocycles. The van der Waals surface area contributed by atoms with Gasteiger partial charge >= 0.3 is 6.03 Å². The van der Waals surface area contributed by atoms with E-state index in [1.54, 1.807) is 0 Å². The third-order valence-electron chi connectivity index (χ3n) is 3.42. The van der Waals surface area contributed by atoms with E-state index in [9.17, 15) is 4.79 Å². The molecule has 2 N–H and O–H groups in total. The van der Waals surface area contributed by atoms with Crippen molar-refractivity contribution in [2.75, 3.05) is 19.6 Å². The van der Waals surface area contributed by atoms with Crippen molar-refractivity contribution in [1.82, 2.24) is 15.5 Å². The van der Waals surface area contributed by atoms with Crippen LogP contribution in [-0.4, -0.2) is 42.1 Å². The number of urea groups is 1. The van der Waals surface area contributed by atoms with E-state index in [-0.39, 0.29) is 11.6 Å². The maximum Gasteiger partial charge on any atom is 0.318 e. The number of carbonyl (C=O) groups is 1. The van der Waals surface area contributed by atoms with Gasteiger partial charge in [-0.15, -0.1) is 0 Å². The summed E-state index contributed by atoms with van der Waals surface area (Å²) < 4.78 is 0. The highest BCUT2D eigenvalue weighted by Gasteiger charge is 2.37. The zero-order valence-corrected chi connectivity index (χ0v) is 10.5. The van der Waals surface area contributed by atoms with E-state index in [4.69, 9.17) is 0 Å². The van der Waals surface area contributed by atoms with Crippen molar-refractivity contribution in [1.29, 1.82) is 0 Å². The van der Waals surface area contributed by atoms with Crippen LogP contribution in [0.2, 0.25) is 0 Å². The van der Waals surface area contributed by atoms with E-state index in [0.29, 0.717) is 12.0 Å². The van der Waals surface area contributed by atoms with Gasteiger partial charge < -0.3 is 15.5 Å². The second kappa shape index (κ2) is 4.24. The van der Waals surface area contributed by atoms with Crippen LogP contribution in [0.4, 0.5) is 4.79 Å². The SMILES string of the molecule is CC(C)(C)NC(=O)N1CCCC2CNCC21. The highest BCUT2D eigenvalue weighted by molar-refractivity contribution is 5.75. The maximum absolute atomic E-state index is 12.1. The molecule has 0 spiro atoms. The van der Waals surface area contributed by atoms with Crippen molar-refractivity contribution < 1.29 is 4.79 Å². The van der Waals surface area contributed by atoms with E-state index >= 15 is 0 Å². The van der Waals surface area contributed by atoms with Crippen molar-refractivity contribution in [3.05, 3.63) is 0 Å². The van der Waals surface area contributed by atoms with Gasteiger partial charge in [-0.1, -0.05) is 0 Å². The summed E-state index contributed by atoms with van der Waals surface area (Å²) in [5.41, 5.74) is -0.143. The molecule has 0 aromatic carbocycles. The summed E-state index contributed by atoms with van der Waals surface area (Å²) in [4.78, 5) is 14.2. The Balaban J connectivity index is 2.00. The molecule has 0 aliphatic carbocycles. The number of rotatable bonds is 0. The number of piperidine rings is 1. The summed E-state index contributed by atoms with van der Waals surface area (Å²) in [5, 5.41) is 6.45. The molecule has 0 radical (unpaired) electrons. The molecule has 2 atom stereocenters. The number of likely N-dealkylation sites (tertiary alicyclic amines) is 1. The first kappa shape index (κ1) is 11.7. The van der Waals surface area contributed by atoms with Gasteiger partial charge in [-0.25, -0.2) is 4.79 Å². The molecule has 16 heavy (non-hydrogen) atoms. The predicted molar refractivity (Wildman–Crippen MR) is 64.4 cm³/mol. The number of nitrogens with one attached hydrogen (secondary N) is 2. The Morgan fingerprint density at radius 3 is 2.81 bits per heavy atom. The minimum Gasteiger partial charge on any atom is -0.333 e. The molecule has 92 valence electrons. The molecule has 2 heterocycles. The normalized spacial score (nSPS) is 30.1. The first-order valence-electron chi connectivity index (χ1n) is 6.27. The fourth-order valence-electron chi connectivity index (χ4n) is 2.71. The summed E-state index contributed by atoms with van der Waals surface area (Å²) in [6.07, 6.45) is 2.40. The van der Waals surface area contributed by atoms with Crippen molar-refractivity contribution in [3.8, 4) is 0 Å². The summed E-state index contributed by atoms with van der Waals surface area (Å²) in [5.74, 6) is 0.666. The van der Waals surface area contributed by atoms with Crippen molar-refractivity contribution >= 4 is 6.03 Å². The monoisotopic (exact) mass is 225 g/mol. The summed E-state index contributed by atoms with van der Waals surface area (Å²) >= 11 is 0. The summed E-state index contributed by atoms with van der Waals surface area (Å²) in [7, 11) is 0. The minimum absolute atomic E-state index is 0.103. The second-order valence-electron chi connectivity index (χ2n) is 6.00. The van der Waals surface area contributed by atoms with Gasteiger partial charge in [0.1, 0.15) is 0 Å². The lowest BCUT2D eigenvalue weighted by Crippen LogP contribution is -2.55. The maximum atomic E-state index is 12.1. The number of fused-ring (bicyclic) bond motifs is 1. The Kier molecular flexibility index (Phi) is 3.10. The topological polar surface area (TPSA) is 44.4 Å². The molecule has 2 aliphatic rings. The second-order valence-corrected chi connectivity index (χ2v) is 6.00. The molecule has 2 unspecified atom stereocenters. The molecule has 2 aliphatic heterocycles. The van der Waals surface area contributed by atoms with E-state index in [0.717, 1.165) is 26.1 Å². The Morgan fingerprint density at radius 2 is 2.12 bits per heavy atom. The Hall–Kier alpha value is -0.770. The molecule has 0 aromatic rings. The predicted octanol–water partition coefficient (Wildman–Crippen LogP) is 1.18. The van der Waals surface area contributed by atoms with E-state index in [1.807, 2.05) is 25.7 Å². The lowest BCUT2D eigenvalue weighted by molar-refractivity contribution is 0.131. The van der Waals surface area contributed by atoms with E-state index in [1.165, 1.54) is 6.42 Å². The fourth-order valence-corrected chi connectivity index (χ4v) is 2.71. The van der Waals surface area contributed by atoms with Gasteiger partial charge in [-0.05, 0) is 39.5 Å². The number of nitrogens with zero attached hydrogens (tertiary/aromatic N) is 1. The average molecular weight is 225 g/mol.